The van der Waals surface area contributed by atoms with Gasteiger partial charge in [-0.2, -0.15) is 0 Å². The number of ether oxygens (including phenoxy) is 2. The molecule has 2 aromatic carbocycles. The van der Waals surface area contributed by atoms with Gasteiger partial charge in [0, 0.05) is 11.1 Å². The third kappa shape index (κ3) is 3.72. The summed E-state index contributed by atoms with van der Waals surface area (Å²) in [4.78, 5) is 11.0. The Kier molecular flexibility index (Phi) is 4.80. The summed E-state index contributed by atoms with van der Waals surface area (Å²) in [6.07, 6.45) is 0. The first-order valence-corrected chi connectivity index (χ1v) is 6.85. The number of methoxy groups -OCH3 is 1. The molecule has 2 aromatic rings. The Morgan fingerprint density at radius 1 is 1.29 bits per heavy atom. The first-order chi connectivity index (χ1) is 10.0. The molecule has 0 atom stereocenters. The van der Waals surface area contributed by atoms with Gasteiger partial charge in [-0.1, -0.05) is 6.07 Å². The quantitative estimate of drug-likeness (QED) is 0.897. The first kappa shape index (κ1) is 15.3. The number of primary amides is 1. The van der Waals surface area contributed by atoms with Crippen molar-refractivity contribution in [2.45, 2.75) is 6.61 Å². The molecule has 4 nitrogen and oxygen atoms in total. The molecule has 0 aromatic heterocycles. The van der Waals surface area contributed by atoms with Crippen molar-refractivity contribution in [3.05, 3.63) is 57.8 Å². The molecule has 0 radical (unpaired) electrons. The van der Waals surface area contributed by atoms with E-state index in [0.717, 1.165) is 6.07 Å². The summed E-state index contributed by atoms with van der Waals surface area (Å²) in [5.41, 5.74) is 5.55. The summed E-state index contributed by atoms with van der Waals surface area (Å²) in [6.45, 7) is 0.0375. The molecule has 0 aliphatic rings. The lowest BCUT2D eigenvalue weighted by Crippen LogP contribution is -2.11. The molecule has 0 heterocycles. The first-order valence-electron chi connectivity index (χ1n) is 6.06. The van der Waals surface area contributed by atoms with E-state index in [1.54, 1.807) is 25.3 Å². The van der Waals surface area contributed by atoms with E-state index in [2.05, 4.69) is 15.9 Å². The summed E-state index contributed by atoms with van der Waals surface area (Å²) in [5, 5.41) is 0. The third-order valence-corrected chi connectivity index (χ3v) is 3.48. The molecule has 6 heteroatoms. The van der Waals surface area contributed by atoms with Crippen LogP contribution in [0.4, 0.5) is 4.39 Å². The molecule has 0 saturated carbocycles. The van der Waals surface area contributed by atoms with E-state index in [4.69, 9.17) is 15.2 Å². The normalized spacial score (nSPS) is 10.2. The molecule has 0 bridgehead atoms. The minimum Gasteiger partial charge on any atom is -0.497 e. The zero-order chi connectivity index (χ0) is 15.4. The van der Waals surface area contributed by atoms with E-state index >= 15 is 0 Å². The Balaban J connectivity index is 2.11. The maximum atomic E-state index is 13.8. The fourth-order valence-corrected chi connectivity index (χ4v) is 2.17. The van der Waals surface area contributed by atoms with Crippen LogP contribution in [0.15, 0.2) is 40.9 Å². The van der Waals surface area contributed by atoms with Crippen LogP contribution in [0.1, 0.15) is 15.9 Å². The van der Waals surface area contributed by atoms with Gasteiger partial charge < -0.3 is 15.2 Å². The standard InChI is InChI=1S/C15H13BrFNO3/c1-20-11-4-5-14(12(16)7-11)21-8-10-3-2-9(15(18)19)6-13(10)17/h2-7H,8H2,1H3,(H2,18,19). The number of benzene rings is 2. The topological polar surface area (TPSA) is 61.6 Å². The van der Waals surface area contributed by atoms with E-state index in [1.165, 1.54) is 12.1 Å². The van der Waals surface area contributed by atoms with Crippen molar-refractivity contribution >= 4 is 21.8 Å². The lowest BCUT2D eigenvalue weighted by molar-refractivity contribution is 0.0999. The number of rotatable bonds is 5. The highest BCUT2D eigenvalue weighted by atomic mass is 79.9. The van der Waals surface area contributed by atoms with Gasteiger partial charge in [0.05, 0.1) is 11.6 Å². The maximum Gasteiger partial charge on any atom is 0.248 e. The van der Waals surface area contributed by atoms with Gasteiger partial charge in [-0.05, 0) is 46.3 Å². The van der Waals surface area contributed by atoms with E-state index in [0.29, 0.717) is 21.5 Å². The molecule has 0 aliphatic heterocycles. The zero-order valence-corrected chi connectivity index (χ0v) is 12.8. The number of hydrogen-bond acceptors (Lipinski definition) is 3. The van der Waals surface area contributed by atoms with Crippen LogP contribution in [0, 0.1) is 5.82 Å². The second kappa shape index (κ2) is 6.58. The van der Waals surface area contributed by atoms with Gasteiger partial charge >= 0.3 is 0 Å². The molecule has 0 fully saturated rings. The molecule has 110 valence electrons. The van der Waals surface area contributed by atoms with E-state index in [9.17, 15) is 9.18 Å². The summed E-state index contributed by atoms with van der Waals surface area (Å²) in [5.74, 6) is 0.0515. The number of amides is 1. The van der Waals surface area contributed by atoms with Gasteiger partial charge in [0.15, 0.2) is 0 Å². The van der Waals surface area contributed by atoms with Crippen LogP contribution in [0.5, 0.6) is 11.5 Å². The average Bonchev–Trinajstić information content (AvgIpc) is 2.46. The second-order valence-electron chi connectivity index (χ2n) is 4.26. The lowest BCUT2D eigenvalue weighted by atomic mass is 10.1. The molecule has 21 heavy (non-hydrogen) atoms. The molecule has 1 amide bonds. The Morgan fingerprint density at radius 2 is 2.05 bits per heavy atom. The van der Waals surface area contributed by atoms with Crippen LogP contribution in [-0.2, 0) is 6.61 Å². The Hall–Kier alpha value is -2.08. The summed E-state index contributed by atoms with van der Waals surface area (Å²) >= 11 is 3.35. The number of halogens is 2. The smallest absolute Gasteiger partial charge is 0.248 e. The monoisotopic (exact) mass is 353 g/mol. The largest absolute Gasteiger partial charge is 0.497 e. The van der Waals surface area contributed by atoms with Crippen LogP contribution in [0.3, 0.4) is 0 Å². The van der Waals surface area contributed by atoms with Gasteiger partial charge in [-0.25, -0.2) is 4.39 Å². The highest BCUT2D eigenvalue weighted by molar-refractivity contribution is 9.10. The summed E-state index contributed by atoms with van der Waals surface area (Å²) in [7, 11) is 1.57. The second-order valence-corrected chi connectivity index (χ2v) is 5.11. The number of carbonyl (C=O) groups is 1. The van der Waals surface area contributed by atoms with Crippen molar-refractivity contribution in [3.8, 4) is 11.5 Å². The fourth-order valence-electron chi connectivity index (χ4n) is 1.70. The van der Waals surface area contributed by atoms with Crippen molar-refractivity contribution in [2.24, 2.45) is 5.73 Å². The van der Waals surface area contributed by atoms with Crippen molar-refractivity contribution in [1.29, 1.82) is 0 Å². The fraction of sp³-hybridized carbons (Fsp3) is 0.133. The lowest BCUT2D eigenvalue weighted by Gasteiger charge is -2.10. The van der Waals surface area contributed by atoms with Crippen LogP contribution in [0.25, 0.3) is 0 Å². The van der Waals surface area contributed by atoms with Gasteiger partial charge in [-0.15, -0.1) is 0 Å². The van der Waals surface area contributed by atoms with Crippen molar-refractivity contribution in [2.75, 3.05) is 7.11 Å². The highest BCUT2D eigenvalue weighted by Gasteiger charge is 2.09. The molecule has 0 aliphatic carbocycles. The van der Waals surface area contributed by atoms with Gasteiger partial charge in [0.1, 0.15) is 23.9 Å². The Labute approximate surface area is 129 Å². The van der Waals surface area contributed by atoms with Crippen LogP contribution >= 0.6 is 15.9 Å². The average molecular weight is 354 g/mol. The van der Waals surface area contributed by atoms with Gasteiger partial charge in [0.25, 0.3) is 0 Å². The van der Waals surface area contributed by atoms with E-state index < -0.39 is 11.7 Å². The zero-order valence-electron chi connectivity index (χ0n) is 11.2. The number of carbonyl (C=O) groups excluding carboxylic acids is 1. The van der Waals surface area contributed by atoms with Crippen molar-refractivity contribution in [3.63, 3.8) is 0 Å². The predicted octanol–water partition coefficient (Wildman–Crippen LogP) is 3.27. The molecular weight excluding hydrogens is 341 g/mol. The summed E-state index contributed by atoms with van der Waals surface area (Å²) in [6, 6.07) is 9.26. The number of hydrogen-bond donors (Lipinski definition) is 1. The van der Waals surface area contributed by atoms with Crippen LogP contribution < -0.4 is 15.2 Å². The summed E-state index contributed by atoms with van der Waals surface area (Å²) < 4.78 is 25.1. The highest BCUT2D eigenvalue weighted by Crippen LogP contribution is 2.29. The van der Waals surface area contributed by atoms with Gasteiger partial charge in [-0.3, -0.25) is 4.79 Å². The van der Waals surface area contributed by atoms with E-state index in [1.807, 2.05) is 0 Å². The molecular formula is C15H13BrFNO3. The Morgan fingerprint density at radius 3 is 2.62 bits per heavy atom. The van der Waals surface area contributed by atoms with Crippen molar-refractivity contribution < 1.29 is 18.7 Å². The third-order valence-electron chi connectivity index (χ3n) is 2.86. The SMILES string of the molecule is COc1ccc(OCc2ccc(C(N)=O)cc2F)c(Br)c1. The predicted molar refractivity (Wildman–Crippen MR) is 79.9 cm³/mol. The van der Waals surface area contributed by atoms with E-state index in [-0.39, 0.29) is 12.2 Å². The molecule has 0 unspecified atom stereocenters. The molecule has 0 spiro atoms. The minimum absolute atomic E-state index is 0.0375. The van der Waals surface area contributed by atoms with Crippen LogP contribution in [0.2, 0.25) is 0 Å². The number of nitrogens with two attached hydrogens (primary N) is 1. The molecule has 2 rings (SSSR count). The Bertz CT molecular complexity index is 676. The molecule has 2 N–H and O–H groups in total. The van der Waals surface area contributed by atoms with Crippen LogP contribution in [-0.4, -0.2) is 13.0 Å². The molecule has 0 saturated heterocycles. The minimum atomic E-state index is -0.667. The maximum absolute atomic E-state index is 13.8. The van der Waals surface area contributed by atoms with Gasteiger partial charge in [0.2, 0.25) is 5.91 Å². The van der Waals surface area contributed by atoms with Crippen molar-refractivity contribution in [1.82, 2.24) is 0 Å².